The molecule has 2 amide bonds. The molecule has 1 saturated carbocycles. The molecule has 0 saturated heterocycles. The molecule has 2 aromatic rings. The largest absolute Gasteiger partial charge is 0.489 e. The van der Waals surface area contributed by atoms with E-state index in [4.69, 9.17) is 4.74 Å². The van der Waals surface area contributed by atoms with Crippen LogP contribution in [0.25, 0.3) is 0 Å². The second-order valence-electron chi connectivity index (χ2n) is 6.26. The van der Waals surface area contributed by atoms with Gasteiger partial charge in [0.2, 0.25) is 5.91 Å². The zero-order valence-electron chi connectivity index (χ0n) is 13.5. The lowest BCUT2D eigenvalue weighted by atomic mass is 10.1. The van der Waals surface area contributed by atoms with Crippen molar-refractivity contribution >= 4 is 23.2 Å². The Morgan fingerprint density at radius 1 is 1.12 bits per heavy atom. The van der Waals surface area contributed by atoms with Crippen LogP contribution in [0.4, 0.5) is 15.8 Å². The third kappa shape index (κ3) is 3.20. The smallest absolute Gasteiger partial charge is 0.258 e. The summed E-state index contributed by atoms with van der Waals surface area (Å²) >= 11 is 0. The molecule has 5 nitrogen and oxygen atoms in total. The molecule has 0 spiro atoms. The third-order valence-corrected chi connectivity index (χ3v) is 4.38. The molecule has 1 aliphatic heterocycles. The molecule has 4 rings (SSSR count). The summed E-state index contributed by atoms with van der Waals surface area (Å²) < 4.78 is 18.8. The van der Waals surface area contributed by atoms with E-state index in [0.29, 0.717) is 35.8 Å². The van der Waals surface area contributed by atoms with Crippen molar-refractivity contribution in [3.8, 4) is 5.75 Å². The molecule has 0 radical (unpaired) electrons. The summed E-state index contributed by atoms with van der Waals surface area (Å²) in [6.07, 6.45) is 1.89. The Kier molecular flexibility index (Phi) is 3.87. The Bertz CT molecular complexity index is 831. The number of benzene rings is 2. The van der Waals surface area contributed by atoms with Crippen LogP contribution in [0.2, 0.25) is 0 Å². The maximum atomic E-state index is 13.3. The van der Waals surface area contributed by atoms with E-state index < -0.39 is 5.82 Å². The Morgan fingerprint density at radius 2 is 1.88 bits per heavy atom. The molecule has 25 heavy (non-hydrogen) atoms. The number of hydrogen-bond donors (Lipinski definition) is 1. The van der Waals surface area contributed by atoms with E-state index in [9.17, 15) is 14.0 Å². The normalized spacial score (nSPS) is 16.0. The van der Waals surface area contributed by atoms with Crippen LogP contribution in [-0.4, -0.2) is 25.0 Å². The van der Waals surface area contributed by atoms with E-state index in [-0.39, 0.29) is 17.7 Å². The molecule has 0 aromatic heterocycles. The maximum Gasteiger partial charge on any atom is 0.258 e. The summed E-state index contributed by atoms with van der Waals surface area (Å²) in [7, 11) is 0. The highest BCUT2D eigenvalue weighted by atomic mass is 19.1. The fraction of sp³-hybridized carbons (Fsp3) is 0.263. The second kappa shape index (κ2) is 6.20. The van der Waals surface area contributed by atoms with Gasteiger partial charge in [0, 0.05) is 23.2 Å². The van der Waals surface area contributed by atoms with Crippen molar-refractivity contribution < 1.29 is 18.7 Å². The monoisotopic (exact) mass is 340 g/mol. The number of carbonyl (C=O) groups excluding carboxylic acids is 2. The number of nitrogens with one attached hydrogen (secondary N) is 1. The number of carbonyl (C=O) groups is 2. The fourth-order valence-electron chi connectivity index (χ4n) is 2.85. The van der Waals surface area contributed by atoms with E-state index in [1.54, 1.807) is 35.2 Å². The Hall–Kier alpha value is -2.89. The minimum atomic E-state index is -0.399. The van der Waals surface area contributed by atoms with Crippen molar-refractivity contribution in [2.24, 2.45) is 5.92 Å². The number of fused-ring (bicyclic) bond motifs is 1. The van der Waals surface area contributed by atoms with Gasteiger partial charge in [0.05, 0.1) is 12.2 Å². The number of anilines is 2. The highest BCUT2D eigenvalue weighted by Gasteiger charge is 2.29. The Morgan fingerprint density at radius 3 is 2.60 bits per heavy atom. The average molecular weight is 340 g/mol. The van der Waals surface area contributed by atoms with Crippen LogP contribution in [-0.2, 0) is 4.79 Å². The minimum absolute atomic E-state index is 0.0307. The van der Waals surface area contributed by atoms with Gasteiger partial charge in [-0.25, -0.2) is 4.39 Å². The van der Waals surface area contributed by atoms with Crippen LogP contribution in [0.15, 0.2) is 42.5 Å². The molecule has 2 aliphatic rings. The number of rotatable bonds is 3. The molecule has 1 aliphatic carbocycles. The molecule has 2 aromatic carbocycles. The molecule has 1 fully saturated rings. The van der Waals surface area contributed by atoms with Gasteiger partial charge in [0.1, 0.15) is 18.2 Å². The first kappa shape index (κ1) is 15.6. The Balaban J connectivity index is 1.52. The second-order valence-corrected chi connectivity index (χ2v) is 6.26. The van der Waals surface area contributed by atoms with Crippen LogP contribution < -0.4 is 15.0 Å². The van der Waals surface area contributed by atoms with Gasteiger partial charge >= 0.3 is 0 Å². The SMILES string of the molecule is O=C(Nc1ccc(C(=O)N2CCOc3cc(F)ccc32)cc1)C1CC1. The van der Waals surface area contributed by atoms with Gasteiger partial charge in [0.25, 0.3) is 5.91 Å². The Labute approximate surface area is 144 Å². The van der Waals surface area contributed by atoms with E-state index in [1.165, 1.54) is 12.1 Å². The van der Waals surface area contributed by atoms with E-state index in [2.05, 4.69) is 5.32 Å². The summed E-state index contributed by atoms with van der Waals surface area (Å²) in [5, 5.41) is 2.85. The number of halogens is 1. The number of ether oxygens (including phenoxy) is 1. The molecular weight excluding hydrogens is 323 g/mol. The molecule has 128 valence electrons. The summed E-state index contributed by atoms with van der Waals surface area (Å²) in [5.74, 6) is -0.0530. The molecular formula is C19H17FN2O3. The van der Waals surface area contributed by atoms with Gasteiger partial charge in [-0.05, 0) is 49.2 Å². The highest BCUT2D eigenvalue weighted by Crippen LogP contribution is 2.33. The van der Waals surface area contributed by atoms with E-state index in [1.807, 2.05) is 0 Å². The first-order chi connectivity index (χ1) is 12.1. The first-order valence-electron chi connectivity index (χ1n) is 8.27. The average Bonchev–Trinajstić information content (AvgIpc) is 3.46. The van der Waals surface area contributed by atoms with Gasteiger partial charge in [-0.1, -0.05) is 0 Å². The first-order valence-corrected chi connectivity index (χ1v) is 8.27. The standard InChI is InChI=1S/C19H17FN2O3/c20-14-5-8-16-17(11-14)25-10-9-22(16)19(24)13-3-6-15(7-4-13)21-18(23)12-1-2-12/h3-8,11-12H,1-2,9-10H2,(H,21,23). The lowest BCUT2D eigenvalue weighted by Gasteiger charge is -2.29. The van der Waals surface area contributed by atoms with Crippen molar-refractivity contribution in [1.82, 2.24) is 0 Å². The van der Waals surface area contributed by atoms with Crippen LogP contribution >= 0.6 is 0 Å². The third-order valence-electron chi connectivity index (χ3n) is 4.38. The summed E-state index contributed by atoms with van der Waals surface area (Å²) in [6.45, 7) is 0.718. The molecule has 0 bridgehead atoms. The van der Waals surface area contributed by atoms with E-state index in [0.717, 1.165) is 12.8 Å². The molecule has 1 N–H and O–H groups in total. The number of amides is 2. The minimum Gasteiger partial charge on any atom is -0.489 e. The topological polar surface area (TPSA) is 58.6 Å². The van der Waals surface area contributed by atoms with Crippen molar-refractivity contribution in [2.45, 2.75) is 12.8 Å². The molecule has 6 heteroatoms. The fourth-order valence-corrected chi connectivity index (χ4v) is 2.85. The van der Waals surface area contributed by atoms with Crippen molar-refractivity contribution in [1.29, 1.82) is 0 Å². The quantitative estimate of drug-likeness (QED) is 0.933. The van der Waals surface area contributed by atoms with Crippen molar-refractivity contribution in [3.63, 3.8) is 0 Å². The lowest BCUT2D eigenvalue weighted by molar-refractivity contribution is -0.117. The maximum absolute atomic E-state index is 13.3. The number of nitrogens with zero attached hydrogens (tertiary/aromatic N) is 1. The van der Waals surface area contributed by atoms with Gasteiger partial charge in [-0.2, -0.15) is 0 Å². The summed E-state index contributed by atoms with van der Waals surface area (Å²) in [6, 6.07) is 11.0. The molecule has 0 atom stereocenters. The van der Waals surface area contributed by atoms with Crippen LogP contribution in [0.1, 0.15) is 23.2 Å². The van der Waals surface area contributed by atoms with Crippen LogP contribution in [0, 0.1) is 11.7 Å². The molecule has 0 unspecified atom stereocenters. The predicted molar refractivity (Wildman–Crippen MR) is 91.4 cm³/mol. The number of hydrogen-bond acceptors (Lipinski definition) is 3. The van der Waals surface area contributed by atoms with Crippen molar-refractivity contribution in [2.75, 3.05) is 23.4 Å². The van der Waals surface area contributed by atoms with Gasteiger partial charge < -0.3 is 15.0 Å². The zero-order valence-corrected chi connectivity index (χ0v) is 13.5. The van der Waals surface area contributed by atoms with Gasteiger partial charge in [-0.3, -0.25) is 9.59 Å². The zero-order chi connectivity index (χ0) is 17.4. The lowest BCUT2D eigenvalue weighted by Crippen LogP contribution is -2.38. The highest BCUT2D eigenvalue weighted by molar-refractivity contribution is 6.07. The van der Waals surface area contributed by atoms with Gasteiger partial charge in [-0.15, -0.1) is 0 Å². The predicted octanol–water partition coefficient (Wildman–Crippen LogP) is 3.21. The van der Waals surface area contributed by atoms with Crippen LogP contribution in [0.3, 0.4) is 0 Å². The molecule has 1 heterocycles. The summed E-state index contributed by atoms with van der Waals surface area (Å²) in [5.41, 5.74) is 1.74. The van der Waals surface area contributed by atoms with E-state index >= 15 is 0 Å². The summed E-state index contributed by atoms with van der Waals surface area (Å²) in [4.78, 5) is 26.1. The van der Waals surface area contributed by atoms with Crippen molar-refractivity contribution in [3.05, 3.63) is 53.8 Å². The van der Waals surface area contributed by atoms with Gasteiger partial charge in [0.15, 0.2) is 0 Å². The van der Waals surface area contributed by atoms with Crippen LogP contribution in [0.5, 0.6) is 5.75 Å².